The molecule has 2 fully saturated rings. The zero-order chi connectivity index (χ0) is 14.8. The number of carbonyl (C=O) groups excluding carboxylic acids is 1. The third kappa shape index (κ3) is 2.90. The number of hydrogen-bond donors (Lipinski definition) is 2. The van der Waals surface area contributed by atoms with Crippen molar-refractivity contribution >= 4 is 12.0 Å². The molecule has 2 N–H and O–H groups in total. The fourth-order valence-corrected chi connectivity index (χ4v) is 3.13. The van der Waals surface area contributed by atoms with Gasteiger partial charge in [0.25, 0.3) is 0 Å². The van der Waals surface area contributed by atoms with Crippen LogP contribution in [-0.4, -0.2) is 54.4 Å². The van der Waals surface area contributed by atoms with Crippen molar-refractivity contribution in [1.82, 2.24) is 10.2 Å². The number of carboxylic acids is 1. The third-order valence-corrected chi connectivity index (χ3v) is 4.93. The first kappa shape index (κ1) is 15.1. The number of likely N-dealkylation sites (tertiary alicyclic amines) is 1. The Hall–Kier alpha value is -1.30. The number of ether oxygens (including phenoxy) is 1. The highest BCUT2D eigenvalue weighted by atomic mass is 16.5. The van der Waals surface area contributed by atoms with Gasteiger partial charge in [0.05, 0.1) is 19.3 Å². The average molecular weight is 284 g/mol. The van der Waals surface area contributed by atoms with Gasteiger partial charge < -0.3 is 20.1 Å². The highest BCUT2D eigenvalue weighted by Crippen LogP contribution is 2.36. The molecule has 2 heterocycles. The maximum Gasteiger partial charge on any atom is 0.317 e. The van der Waals surface area contributed by atoms with Crippen molar-refractivity contribution < 1.29 is 19.4 Å². The van der Waals surface area contributed by atoms with Crippen LogP contribution < -0.4 is 5.32 Å². The van der Waals surface area contributed by atoms with Gasteiger partial charge in [-0.3, -0.25) is 4.79 Å². The van der Waals surface area contributed by atoms with Gasteiger partial charge in [-0.2, -0.15) is 0 Å². The lowest BCUT2D eigenvalue weighted by molar-refractivity contribution is -0.142. The number of carbonyl (C=O) groups is 2. The lowest BCUT2D eigenvalue weighted by Gasteiger charge is -2.27. The molecule has 2 aliphatic heterocycles. The first-order valence-corrected chi connectivity index (χ1v) is 7.37. The van der Waals surface area contributed by atoms with E-state index in [-0.39, 0.29) is 24.7 Å². The van der Waals surface area contributed by atoms with Gasteiger partial charge in [-0.1, -0.05) is 13.8 Å². The van der Waals surface area contributed by atoms with E-state index in [1.807, 2.05) is 4.90 Å². The van der Waals surface area contributed by atoms with Gasteiger partial charge in [-0.05, 0) is 24.7 Å². The number of amides is 2. The summed E-state index contributed by atoms with van der Waals surface area (Å²) in [6.07, 6.45) is 3.16. The number of carboxylic acid groups (broad SMARTS) is 1. The summed E-state index contributed by atoms with van der Waals surface area (Å²) in [7, 11) is 0. The quantitative estimate of drug-likeness (QED) is 0.816. The SMILES string of the molecule is CCC1(CC)CCN(C(=O)NC2COCC2C(=O)O)C1. The molecule has 2 unspecified atom stereocenters. The maximum absolute atomic E-state index is 12.3. The summed E-state index contributed by atoms with van der Waals surface area (Å²) in [5.41, 5.74) is 0.232. The van der Waals surface area contributed by atoms with Gasteiger partial charge in [0.2, 0.25) is 0 Å². The summed E-state index contributed by atoms with van der Waals surface area (Å²) in [6, 6.07) is -0.575. The molecule has 0 bridgehead atoms. The fraction of sp³-hybridized carbons (Fsp3) is 0.857. The number of nitrogens with one attached hydrogen (secondary N) is 1. The fourth-order valence-electron chi connectivity index (χ4n) is 3.13. The number of nitrogens with zero attached hydrogens (tertiary/aromatic N) is 1. The topological polar surface area (TPSA) is 78.9 Å². The Kier molecular flexibility index (Phi) is 4.52. The molecule has 6 nitrogen and oxygen atoms in total. The molecule has 114 valence electrons. The van der Waals surface area contributed by atoms with E-state index in [0.717, 1.165) is 32.4 Å². The Bertz CT molecular complexity index is 381. The Labute approximate surface area is 119 Å². The van der Waals surface area contributed by atoms with Crippen molar-refractivity contribution in [2.45, 2.75) is 39.2 Å². The monoisotopic (exact) mass is 284 g/mol. The van der Waals surface area contributed by atoms with Crippen LogP contribution in [0.5, 0.6) is 0 Å². The Morgan fingerprint density at radius 1 is 1.35 bits per heavy atom. The molecule has 0 spiro atoms. The zero-order valence-corrected chi connectivity index (χ0v) is 12.2. The lowest BCUT2D eigenvalue weighted by atomic mass is 9.82. The van der Waals surface area contributed by atoms with E-state index in [4.69, 9.17) is 9.84 Å². The molecule has 2 saturated heterocycles. The molecule has 2 atom stereocenters. The van der Waals surface area contributed by atoms with E-state index >= 15 is 0 Å². The van der Waals surface area contributed by atoms with Crippen LogP contribution in [0.4, 0.5) is 4.79 Å². The number of hydrogen-bond acceptors (Lipinski definition) is 3. The van der Waals surface area contributed by atoms with Crippen LogP contribution in [0.3, 0.4) is 0 Å². The molecule has 0 aliphatic carbocycles. The van der Waals surface area contributed by atoms with E-state index < -0.39 is 17.9 Å². The number of urea groups is 1. The molecule has 0 aromatic rings. The molecule has 0 radical (unpaired) electrons. The van der Waals surface area contributed by atoms with Crippen molar-refractivity contribution in [1.29, 1.82) is 0 Å². The molecular weight excluding hydrogens is 260 g/mol. The Morgan fingerprint density at radius 2 is 2.05 bits per heavy atom. The minimum atomic E-state index is -0.911. The van der Waals surface area contributed by atoms with Crippen LogP contribution in [0, 0.1) is 11.3 Å². The second kappa shape index (κ2) is 5.99. The van der Waals surface area contributed by atoms with Gasteiger partial charge in [0.1, 0.15) is 5.92 Å². The van der Waals surface area contributed by atoms with E-state index in [1.54, 1.807) is 0 Å². The maximum atomic E-state index is 12.3. The zero-order valence-electron chi connectivity index (χ0n) is 12.2. The van der Waals surface area contributed by atoms with Gasteiger partial charge >= 0.3 is 12.0 Å². The summed E-state index contributed by atoms with van der Waals surface area (Å²) < 4.78 is 5.16. The van der Waals surface area contributed by atoms with E-state index in [2.05, 4.69) is 19.2 Å². The molecule has 0 aromatic heterocycles. The molecule has 20 heavy (non-hydrogen) atoms. The smallest absolute Gasteiger partial charge is 0.317 e. The normalized spacial score (nSPS) is 28.6. The lowest BCUT2D eigenvalue weighted by Crippen LogP contribution is -2.48. The molecule has 2 amide bonds. The van der Waals surface area contributed by atoms with Crippen LogP contribution in [0.15, 0.2) is 0 Å². The van der Waals surface area contributed by atoms with Crippen LogP contribution in [0.1, 0.15) is 33.1 Å². The molecule has 6 heteroatoms. The van der Waals surface area contributed by atoms with Crippen LogP contribution in [-0.2, 0) is 9.53 Å². The van der Waals surface area contributed by atoms with E-state index in [0.29, 0.717) is 0 Å². The number of rotatable bonds is 4. The Morgan fingerprint density at radius 3 is 2.60 bits per heavy atom. The summed E-state index contributed by atoms with van der Waals surface area (Å²) in [5, 5.41) is 11.9. The highest BCUT2D eigenvalue weighted by Gasteiger charge is 2.40. The number of aliphatic carboxylic acids is 1. The van der Waals surface area contributed by atoms with Crippen molar-refractivity contribution in [3.8, 4) is 0 Å². The van der Waals surface area contributed by atoms with Gasteiger partial charge in [-0.25, -0.2) is 4.79 Å². The van der Waals surface area contributed by atoms with Crippen molar-refractivity contribution in [3.05, 3.63) is 0 Å². The average Bonchev–Trinajstić information content (AvgIpc) is 3.05. The first-order chi connectivity index (χ1) is 9.51. The second-order valence-corrected chi connectivity index (χ2v) is 5.92. The predicted octanol–water partition coefficient (Wildman–Crippen LogP) is 1.31. The van der Waals surface area contributed by atoms with Gasteiger partial charge in [-0.15, -0.1) is 0 Å². The highest BCUT2D eigenvalue weighted by molar-refractivity contribution is 5.77. The summed E-state index contributed by atoms with van der Waals surface area (Å²) in [5.74, 6) is -1.55. The molecule has 2 rings (SSSR count). The largest absolute Gasteiger partial charge is 0.481 e. The minimum Gasteiger partial charge on any atom is -0.481 e. The van der Waals surface area contributed by atoms with Gasteiger partial charge in [0, 0.05) is 13.1 Å². The van der Waals surface area contributed by atoms with E-state index in [9.17, 15) is 9.59 Å². The predicted molar refractivity (Wildman–Crippen MR) is 73.5 cm³/mol. The van der Waals surface area contributed by atoms with Crippen LogP contribution in [0.25, 0.3) is 0 Å². The minimum absolute atomic E-state index is 0.157. The Balaban J connectivity index is 1.91. The summed E-state index contributed by atoms with van der Waals surface area (Å²) in [6.45, 7) is 6.29. The third-order valence-electron chi connectivity index (χ3n) is 4.93. The summed E-state index contributed by atoms with van der Waals surface area (Å²) >= 11 is 0. The molecule has 2 aliphatic rings. The standard InChI is InChI=1S/C14H24N2O4/c1-3-14(4-2)5-6-16(9-14)13(19)15-11-8-20-7-10(11)12(17)18/h10-11H,3-9H2,1-2H3,(H,15,19)(H,17,18). The molecule has 0 saturated carbocycles. The van der Waals surface area contributed by atoms with Crippen molar-refractivity contribution in [3.63, 3.8) is 0 Å². The van der Waals surface area contributed by atoms with Crippen LogP contribution in [0.2, 0.25) is 0 Å². The van der Waals surface area contributed by atoms with Crippen molar-refractivity contribution in [2.24, 2.45) is 11.3 Å². The summed E-state index contributed by atoms with van der Waals surface area (Å²) in [4.78, 5) is 25.1. The first-order valence-electron chi connectivity index (χ1n) is 7.37. The van der Waals surface area contributed by atoms with E-state index in [1.165, 1.54) is 0 Å². The molecule has 0 aromatic carbocycles. The second-order valence-electron chi connectivity index (χ2n) is 5.92. The molecular formula is C14H24N2O4. The van der Waals surface area contributed by atoms with Crippen molar-refractivity contribution in [2.75, 3.05) is 26.3 Å². The van der Waals surface area contributed by atoms with Gasteiger partial charge in [0.15, 0.2) is 0 Å². The van der Waals surface area contributed by atoms with Crippen LogP contribution >= 0.6 is 0 Å².